The predicted molar refractivity (Wildman–Crippen MR) is 139 cm³/mol. The molecule has 5 atom stereocenters. The third-order valence-corrected chi connectivity index (χ3v) is 6.29. The van der Waals surface area contributed by atoms with Crippen molar-refractivity contribution in [2.45, 2.75) is 44.4 Å². The SMILES string of the molecule is CCNC(=O)Nc1ccn([C@@H]2O[C@H](COCc3occc3C(=O)O)C3O[C@H](C=Cc4ccccc4)O[C@@H]32)c(=O)n1. The molecule has 40 heavy (non-hydrogen) atoms. The lowest BCUT2D eigenvalue weighted by molar-refractivity contribution is -0.141. The minimum atomic E-state index is -1.12. The quantitative estimate of drug-likeness (QED) is 0.341. The summed E-state index contributed by atoms with van der Waals surface area (Å²) in [5.41, 5.74) is 0.310. The minimum absolute atomic E-state index is 0.00796. The van der Waals surface area contributed by atoms with Crippen LogP contribution in [-0.2, 0) is 25.6 Å². The van der Waals surface area contributed by atoms with E-state index in [1.165, 1.54) is 29.2 Å². The van der Waals surface area contributed by atoms with E-state index in [-0.39, 0.29) is 30.4 Å². The van der Waals surface area contributed by atoms with E-state index < -0.39 is 48.5 Å². The first kappa shape index (κ1) is 27.3. The number of rotatable bonds is 10. The van der Waals surface area contributed by atoms with E-state index in [1.54, 1.807) is 13.0 Å². The Morgan fingerprint density at radius 3 is 2.67 bits per heavy atom. The Morgan fingerprint density at radius 1 is 1.12 bits per heavy atom. The van der Waals surface area contributed by atoms with E-state index in [2.05, 4.69) is 15.6 Å². The number of ether oxygens (including phenoxy) is 4. The number of benzene rings is 1. The van der Waals surface area contributed by atoms with Crippen molar-refractivity contribution in [2.75, 3.05) is 18.5 Å². The first-order valence-electron chi connectivity index (χ1n) is 12.6. The number of furan rings is 1. The molecule has 5 rings (SSSR count). The summed E-state index contributed by atoms with van der Waals surface area (Å²) in [6, 6.07) is 12.0. The highest BCUT2D eigenvalue weighted by Crippen LogP contribution is 2.39. The van der Waals surface area contributed by atoms with Crippen LogP contribution in [0.25, 0.3) is 6.08 Å². The second-order valence-corrected chi connectivity index (χ2v) is 8.97. The van der Waals surface area contributed by atoms with Gasteiger partial charge in [0.05, 0.1) is 12.9 Å². The topological polar surface area (TPSA) is 163 Å². The van der Waals surface area contributed by atoms with Crippen molar-refractivity contribution in [3.05, 3.63) is 88.4 Å². The Kier molecular flexibility index (Phi) is 8.36. The van der Waals surface area contributed by atoms with Gasteiger partial charge >= 0.3 is 17.7 Å². The van der Waals surface area contributed by atoms with Crippen LogP contribution < -0.4 is 16.3 Å². The van der Waals surface area contributed by atoms with Crippen molar-refractivity contribution < 1.29 is 38.1 Å². The molecule has 3 aromatic rings. The van der Waals surface area contributed by atoms with Crippen molar-refractivity contribution in [1.29, 1.82) is 0 Å². The Balaban J connectivity index is 1.32. The summed E-state index contributed by atoms with van der Waals surface area (Å²) in [4.78, 5) is 40.0. The fourth-order valence-corrected chi connectivity index (χ4v) is 4.47. The molecule has 2 aliphatic rings. The van der Waals surface area contributed by atoms with Gasteiger partial charge in [-0.1, -0.05) is 36.4 Å². The van der Waals surface area contributed by atoms with Gasteiger partial charge in [-0.05, 0) is 30.7 Å². The van der Waals surface area contributed by atoms with Crippen LogP contribution in [0.2, 0.25) is 0 Å². The van der Waals surface area contributed by atoms with Crippen LogP contribution in [0.3, 0.4) is 0 Å². The molecule has 2 fully saturated rings. The molecule has 0 spiro atoms. The van der Waals surface area contributed by atoms with Crippen molar-refractivity contribution >= 4 is 23.9 Å². The molecule has 0 radical (unpaired) electrons. The van der Waals surface area contributed by atoms with Gasteiger partial charge in [-0.15, -0.1) is 0 Å². The zero-order chi connectivity index (χ0) is 28.1. The van der Waals surface area contributed by atoms with E-state index in [9.17, 15) is 19.5 Å². The second kappa shape index (κ2) is 12.3. The summed E-state index contributed by atoms with van der Waals surface area (Å²) < 4.78 is 30.6. The average Bonchev–Trinajstić information content (AvgIpc) is 3.65. The highest BCUT2D eigenvalue weighted by Gasteiger charge is 2.53. The standard InChI is InChI=1S/C27H28N4O9/c1-2-28-26(34)29-20-10-12-31(27(35)30-20)24-23-22(39-21(40-23)9-8-16-6-4-3-5-7-16)19(38-24)15-36-14-18-17(25(32)33)11-13-37-18/h3-13,19,21-24H,2,14-15H2,1H3,(H,32,33)(H2,28,29,30,34,35)/t19-,21+,22?,23+,24-/m1/s1. The molecule has 210 valence electrons. The third-order valence-electron chi connectivity index (χ3n) is 6.29. The van der Waals surface area contributed by atoms with Crippen molar-refractivity contribution in [1.82, 2.24) is 14.9 Å². The number of carboxylic acid groups (broad SMARTS) is 1. The summed E-state index contributed by atoms with van der Waals surface area (Å²) in [5.74, 6) is -0.870. The number of nitrogens with zero attached hydrogens (tertiary/aromatic N) is 2. The first-order valence-corrected chi connectivity index (χ1v) is 12.6. The molecule has 0 bridgehead atoms. The number of nitrogens with one attached hydrogen (secondary N) is 2. The number of hydrogen-bond acceptors (Lipinski definition) is 9. The van der Waals surface area contributed by atoms with Crippen molar-refractivity contribution in [2.24, 2.45) is 0 Å². The first-order chi connectivity index (χ1) is 19.4. The van der Waals surface area contributed by atoms with Gasteiger partial charge in [0, 0.05) is 12.7 Å². The van der Waals surface area contributed by atoms with Gasteiger partial charge < -0.3 is 33.8 Å². The van der Waals surface area contributed by atoms with Crippen LogP contribution in [0, 0.1) is 0 Å². The van der Waals surface area contributed by atoms with E-state index >= 15 is 0 Å². The molecule has 2 aliphatic heterocycles. The number of hydrogen-bond donors (Lipinski definition) is 3. The number of aromatic nitrogens is 2. The Bertz CT molecular complexity index is 1420. The fraction of sp³-hybridized carbons (Fsp3) is 0.333. The molecule has 3 N–H and O–H groups in total. The van der Waals surface area contributed by atoms with E-state index in [0.717, 1.165) is 5.56 Å². The fourth-order valence-electron chi connectivity index (χ4n) is 4.47. The maximum Gasteiger partial charge on any atom is 0.351 e. The maximum atomic E-state index is 12.9. The summed E-state index contributed by atoms with van der Waals surface area (Å²) in [5, 5.41) is 14.3. The summed E-state index contributed by atoms with van der Waals surface area (Å²) in [6.45, 7) is 2.09. The average molecular weight is 553 g/mol. The number of carbonyl (C=O) groups excluding carboxylic acids is 1. The number of anilines is 1. The Labute approximate surface area is 228 Å². The van der Waals surface area contributed by atoms with E-state index in [0.29, 0.717) is 6.54 Å². The summed E-state index contributed by atoms with van der Waals surface area (Å²) in [6.07, 6.45) is 2.82. The molecule has 0 saturated carbocycles. The number of carboxylic acids is 1. The second-order valence-electron chi connectivity index (χ2n) is 8.97. The van der Waals surface area contributed by atoms with Gasteiger partial charge in [0.1, 0.15) is 42.1 Å². The highest BCUT2D eigenvalue weighted by atomic mass is 16.8. The minimum Gasteiger partial charge on any atom is -0.478 e. The lowest BCUT2D eigenvalue weighted by Crippen LogP contribution is -2.35. The van der Waals surface area contributed by atoms with Gasteiger partial charge in [0.25, 0.3) is 0 Å². The van der Waals surface area contributed by atoms with Gasteiger partial charge in [-0.25, -0.2) is 14.4 Å². The van der Waals surface area contributed by atoms with Gasteiger partial charge in [-0.3, -0.25) is 9.88 Å². The number of amides is 2. The normalized spacial score (nSPS) is 23.8. The van der Waals surface area contributed by atoms with E-state index in [4.69, 9.17) is 23.4 Å². The van der Waals surface area contributed by atoms with Crippen LogP contribution in [0.15, 0.2) is 70.2 Å². The monoisotopic (exact) mass is 552 g/mol. The molecule has 0 aliphatic carbocycles. The number of fused-ring (bicyclic) bond motifs is 1. The van der Waals surface area contributed by atoms with Gasteiger partial charge in [0.15, 0.2) is 12.5 Å². The molecular weight excluding hydrogens is 524 g/mol. The third kappa shape index (κ3) is 6.13. The molecule has 4 heterocycles. The smallest absolute Gasteiger partial charge is 0.351 e. The van der Waals surface area contributed by atoms with Crippen molar-refractivity contribution in [3.8, 4) is 0 Å². The molecule has 13 heteroatoms. The van der Waals surface area contributed by atoms with Crippen molar-refractivity contribution in [3.63, 3.8) is 0 Å². The summed E-state index contributed by atoms with van der Waals surface area (Å²) >= 11 is 0. The lowest BCUT2D eigenvalue weighted by atomic mass is 10.1. The lowest BCUT2D eigenvalue weighted by Gasteiger charge is -2.20. The number of carbonyl (C=O) groups is 2. The van der Waals surface area contributed by atoms with Crippen LogP contribution >= 0.6 is 0 Å². The maximum absolute atomic E-state index is 12.9. The number of urea groups is 1. The van der Waals surface area contributed by atoms with Crippen LogP contribution in [0.4, 0.5) is 10.6 Å². The van der Waals surface area contributed by atoms with Gasteiger partial charge in [-0.2, -0.15) is 4.98 Å². The van der Waals surface area contributed by atoms with Gasteiger partial charge in [0.2, 0.25) is 0 Å². The van der Waals surface area contributed by atoms with Crippen LogP contribution in [-0.4, -0.2) is 64.4 Å². The Hall–Kier alpha value is -4.30. The zero-order valence-corrected chi connectivity index (χ0v) is 21.5. The zero-order valence-electron chi connectivity index (χ0n) is 21.5. The van der Waals surface area contributed by atoms with Crippen LogP contribution in [0.1, 0.15) is 34.8 Å². The number of aromatic carboxylic acids is 1. The predicted octanol–water partition coefficient (Wildman–Crippen LogP) is 2.61. The summed E-state index contributed by atoms with van der Waals surface area (Å²) in [7, 11) is 0. The Morgan fingerprint density at radius 2 is 1.93 bits per heavy atom. The molecule has 1 aromatic carbocycles. The molecule has 2 amide bonds. The molecule has 2 saturated heterocycles. The largest absolute Gasteiger partial charge is 0.478 e. The molecule has 1 unspecified atom stereocenters. The molecule has 13 nitrogen and oxygen atoms in total. The highest BCUT2D eigenvalue weighted by molar-refractivity contribution is 5.88. The van der Waals surface area contributed by atoms with E-state index in [1.807, 2.05) is 36.4 Å². The molecule has 2 aromatic heterocycles. The van der Waals surface area contributed by atoms with Crippen LogP contribution in [0.5, 0.6) is 0 Å². The molecular formula is C27H28N4O9.